The predicted octanol–water partition coefficient (Wildman–Crippen LogP) is 7.67. The lowest BCUT2D eigenvalue weighted by molar-refractivity contribution is -0.123. The van der Waals surface area contributed by atoms with Gasteiger partial charge in [0.15, 0.2) is 0 Å². The first-order chi connectivity index (χ1) is 15.8. The highest BCUT2D eigenvalue weighted by Crippen LogP contribution is 2.36. The molecule has 8 heteroatoms. The van der Waals surface area contributed by atoms with Gasteiger partial charge >= 0.3 is 0 Å². The minimum Gasteiger partial charge on any atom is -0.487 e. The Morgan fingerprint density at radius 1 is 1.00 bits per heavy atom. The van der Waals surface area contributed by atoms with E-state index in [1.807, 2.05) is 30.3 Å². The number of hydrogen-bond donors (Lipinski definition) is 0. The molecule has 0 atom stereocenters. The second-order valence-electron chi connectivity index (χ2n) is 7.49. The number of aryl methyl sites for hydroxylation is 1. The molecule has 4 rings (SSSR count). The van der Waals surface area contributed by atoms with Crippen LogP contribution < -0.4 is 4.74 Å². The third-order valence-electron chi connectivity index (χ3n) is 4.89. The van der Waals surface area contributed by atoms with Gasteiger partial charge in [-0.05, 0) is 111 Å². The lowest BCUT2D eigenvalue weighted by Gasteiger charge is -2.13. The van der Waals surface area contributed by atoms with Crippen LogP contribution in [0.5, 0.6) is 5.75 Å². The van der Waals surface area contributed by atoms with Crippen molar-refractivity contribution in [2.24, 2.45) is 0 Å². The average Bonchev–Trinajstić information content (AvgIpc) is 3.00. The standard InChI is InChI=1S/C25H18ClI2NO3S/c1-15-4-2-6-17(8-15)14-32-23-20(27)10-18(11-21(23)28)12-22-24(30)29(25(31)33-22)13-16-5-3-7-19(26)9-16/h2-12H,13-14H2,1H3/b22-12-. The molecule has 168 valence electrons. The van der Waals surface area contributed by atoms with Gasteiger partial charge in [0.1, 0.15) is 12.4 Å². The van der Waals surface area contributed by atoms with Gasteiger partial charge < -0.3 is 4.74 Å². The molecule has 0 unspecified atom stereocenters. The van der Waals surface area contributed by atoms with E-state index >= 15 is 0 Å². The summed E-state index contributed by atoms with van der Waals surface area (Å²) in [6.07, 6.45) is 1.76. The van der Waals surface area contributed by atoms with Gasteiger partial charge in [0.25, 0.3) is 11.1 Å². The van der Waals surface area contributed by atoms with Crippen LogP contribution in [0.25, 0.3) is 6.08 Å². The Hall–Kier alpha value is -1.56. The highest BCUT2D eigenvalue weighted by molar-refractivity contribution is 14.1. The minimum absolute atomic E-state index is 0.198. The molecule has 1 aliphatic rings. The molecule has 2 amide bonds. The van der Waals surface area contributed by atoms with E-state index in [2.05, 4.69) is 64.2 Å². The third kappa shape index (κ3) is 6.12. The van der Waals surface area contributed by atoms with Gasteiger partial charge in [-0.1, -0.05) is 53.6 Å². The van der Waals surface area contributed by atoms with Crippen LogP contribution in [0.3, 0.4) is 0 Å². The average molecular weight is 702 g/mol. The molecule has 0 aromatic heterocycles. The second kappa shape index (κ2) is 10.8. The highest BCUT2D eigenvalue weighted by atomic mass is 127. The van der Waals surface area contributed by atoms with Crippen molar-refractivity contribution in [2.75, 3.05) is 0 Å². The molecule has 3 aromatic carbocycles. The Balaban J connectivity index is 1.50. The quantitative estimate of drug-likeness (QED) is 0.196. The molecule has 1 fully saturated rings. The lowest BCUT2D eigenvalue weighted by Crippen LogP contribution is -2.27. The number of ether oxygens (including phenoxy) is 1. The van der Waals surface area contributed by atoms with E-state index in [9.17, 15) is 9.59 Å². The van der Waals surface area contributed by atoms with Crippen molar-refractivity contribution < 1.29 is 14.3 Å². The van der Waals surface area contributed by atoms with Gasteiger partial charge in [-0.15, -0.1) is 0 Å². The van der Waals surface area contributed by atoms with Crippen LogP contribution in [0, 0.1) is 14.1 Å². The number of benzene rings is 3. The van der Waals surface area contributed by atoms with E-state index in [4.69, 9.17) is 16.3 Å². The summed E-state index contributed by atoms with van der Waals surface area (Å²) >= 11 is 11.5. The summed E-state index contributed by atoms with van der Waals surface area (Å²) in [7, 11) is 0. The number of carbonyl (C=O) groups excluding carboxylic acids is 2. The summed E-state index contributed by atoms with van der Waals surface area (Å²) in [5.41, 5.74) is 3.96. The van der Waals surface area contributed by atoms with Gasteiger partial charge in [0, 0.05) is 5.02 Å². The Bertz CT molecular complexity index is 1260. The van der Waals surface area contributed by atoms with Gasteiger partial charge in [-0.3, -0.25) is 14.5 Å². The fraction of sp³-hybridized carbons (Fsp3) is 0.120. The zero-order chi connectivity index (χ0) is 23.5. The van der Waals surface area contributed by atoms with E-state index in [0.29, 0.717) is 16.5 Å². The molecular weight excluding hydrogens is 684 g/mol. The van der Waals surface area contributed by atoms with Gasteiger partial charge in [-0.25, -0.2) is 0 Å². The topological polar surface area (TPSA) is 46.6 Å². The Kier molecular flexibility index (Phi) is 8.03. The number of nitrogens with zero attached hydrogens (tertiary/aromatic N) is 1. The van der Waals surface area contributed by atoms with Crippen LogP contribution in [0.15, 0.2) is 65.6 Å². The SMILES string of the molecule is Cc1cccc(COc2c(I)cc(/C=C3\SC(=O)N(Cc4cccc(Cl)c4)C3=O)cc2I)c1. The van der Waals surface area contributed by atoms with Crippen LogP contribution >= 0.6 is 68.5 Å². The molecule has 0 saturated carbocycles. The maximum absolute atomic E-state index is 12.9. The zero-order valence-corrected chi connectivity index (χ0v) is 23.4. The Morgan fingerprint density at radius 2 is 1.70 bits per heavy atom. The number of imide groups is 1. The van der Waals surface area contributed by atoms with E-state index < -0.39 is 0 Å². The van der Waals surface area contributed by atoms with Crippen molar-refractivity contribution >= 4 is 85.8 Å². The number of carbonyl (C=O) groups is 2. The number of amides is 2. The third-order valence-corrected chi connectivity index (χ3v) is 7.63. The van der Waals surface area contributed by atoms with Crippen LogP contribution in [0.1, 0.15) is 22.3 Å². The molecule has 0 spiro atoms. The maximum atomic E-state index is 12.9. The van der Waals surface area contributed by atoms with Crippen LogP contribution in [-0.2, 0) is 17.9 Å². The number of hydrogen-bond acceptors (Lipinski definition) is 4. The number of rotatable bonds is 6. The van der Waals surface area contributed by atoms with Crippen molar-refractivity contribution in [2.45, 2.75) is 20.1 Å². The molecule has 3 aromatic rings. The van der Waals surface area contributed by atoms with Crippen molar-refractivity contribution in [1.82, 2.24) is 4.90 Å². The monoisotopic (exact) mass is 701 g/mol. The zero-order valence-electron chi connectivity index (χ0n) is 17.5. The summed E-state index contributed by atoms with van der Waals surface area (Å²) in [6.45, 7) is 2.74. The first-order valence-corrected chi connectivity index (χ1v) is 13.3. The van der Waals surface area contributed by atoms with Crippen molar-refractivity contribution in [3.8, 4) is 5.75 Å². The normalized spacial score (nSPS) is 14.9. The summed E-state index contributed by atoms with van der Waals surface area (Å²) in [5, 5.41) is 0.289. The van der Waals surface area contributed by atoms with Crippen molar-refractivity contribution in [3.63, 3.8) is 0 Å². The number of halogens is 3. The summed E-state index contributed by atoms with van der Waals surface area (Å²) in [6, 6.07) is 19.3. The van der Waals surface area contributed by atoms with E-state index in [-0.39, 0.29) is 17.7 Å². The molecule has 1 heterocycles. The van der Waals surface area contributed by atoms with E-state index in [1.54, 1.807) is 24.3 Å². The lowest BCUT2D eigenvalue weighted by atomic mass is 10.1. The van der Waals surface area contributed by atoms with Crippen LogP contribution in [0.4, 0.5) is 4.79 Å². The van der Waals surface area contributed by atoms with Crippen molar-refractivity contribution in [1.29, 1.82) is 0 Å². The summed E-state index contributed by atoms with van der Waals surface area (Å²) < 4.78 is 7.97. The van der Waals surface area contributed by atoms with Gasteiger partial charge in [0.05, 0.1) is 18.6 Å². The molecule has 0 aliphatic carbocycles. The van der Waals surface area contributed by atoms with E-state index in [1.165, 1.54) is 10.5 Å². The first-order valence-electron chi connectivity index (χ1n) is 9.97. The minimum atomic E-state index is -0.297. The molecule has 0 N–H and O–H groups in total. The number of thioether (sulfide) groups is 1. The summed E-state index contributed by atoms with van der Waals surface area (Å²) in [4.78, 5) is 27.0. The molecular formula is C25H18ClI2NO3S. The molecule has 0 radical (unpaired) electrons. The molecule has 33 heavy (non-hydrogen) atoms. The van der Waals surface area contributed by atoms with Crippen LogP contribution in [0.2, 0.25) is 5.02 Å². The largest absolute Gasteiger partial charge is 0.487 e. The summed E-state index contributed by atoms with van der Waals surface area (Å²) in [5.74, 6) is 0.513. The molecule has 1 aliphatic heterocycles. The van der Waals surface area contributed by atoms with Gasteiger partial charge in [-0.2, -0.15) is 0 Å². The highest BCUT2D eigenvalue weighted by Gasteiger charge is 2.35. The Morgan fingerprint density at radius 3 is 2.39 bits per heavy atom. The predicted molar refractivity (Wildman–Crippen MR) is 150 cm³/mol. The Labute approximate surface area is 229 Å². The molecule has 1 saturated heterocycles. The fourth-order valence-corrected chi connectivity index (χ4v) is 6.54. The molecule has 0 bridgehead atoms. The first kappa shape index (κ1) is 24.6. The maximum Gasteiger partial charge on any atom is 0.293 e. The van der Waals surface area contributed by atoms with E-state index in [0.717, 1.165) is 41.3 Å². The van der Waals surface area contributed by atoms with Gasteiger partial charge in [0.2, 0.25) is 0 Å². The van der Waals surface area contributed by atoms with Crippen LogP contribution in [-0.4, -0.2) is 16.0 Å². The second-order valence-corrected chi connectivity index (χ2v) is 11.2. The molecule has 4 nitrogen and oxygen atoms in total. The fourth-order valence-electron chi connectivity index (χ4n) is 3.36. The smallest absolute Gasteiger partial charge is 0.293 e. The van der Waals surface area contributed by atoms with Crippen molar-refractivity contribution in [3.05, 3.63) is 100.0 Å².